The molecular formula is C17H18ClFN6S. The van der Waals surface area contributed by atoms with Gasteiger partial charge in [0, 0.05) is 35.6 Å². The summed E-state index contributed by atoms with van der Waals surface area (Å²) in [6, 6.07) is 8.30. The highest BCUT2D eigenvalue weighted by atomic mass is 35.5. The normalized spacial score (nSPS) is 10.7. The Morgan fingerprint density at radius 1 is 1.19 bits per heavy atom. The molecule has 0 aliphatic carbocycles. The van der Waals surface area contributed by atoms with Crippen molar-refractivity contribution < 1.29 is 4.39 Å². The van der Waals surface area contributed by atoms with Crippen LogP contribution in [0.15, 0.2) is 42.7 Å². The van der Waals surface area contributed by atoms with Crippen molar-refractivity contribution in [2.75, 3.05) is 5.32 Å². The topological polar surface area (TPSA) is 59.7 Å². The van der Waals surface area contributed by atoms with Crippen molar-refractivity contribution in [3.05, 3.63) is 64.8 Å². The third-order valence-corrected chi connectivity index (χ3v) is 4.31. The fraction of sp³-hybridized carbons (Fsp3) is 0.235. The molecule has 9 heteroatoms. The van der Waals surface area contributed by atoms with Crippen molar-refractivity contribution in [3.8, 4) is 0 Å². The first-order valence-corrected chi connectivity index (χ1v) is 8.87. The van der Waals surface area contributed by atoms with Crippen LogP contribution < -0.4 is 10.6 Å². The number of halogens is 2. The standard InChI is InChI=1S/C17H18ClFN6S/c1-2-24-8-6-12(22-24)10-20-17(26)21-16-7-9-25(23-16)11-13-14(18)4-3-5-15(13)19/h3-9H,2,10-11H2,1H3,(H2,20,21,23,26). The summed E-state index contributed by atoms with van der Waals surface area (Å²) in [6.45, 7) is 3.61. The monoisotopic (exact) mass is 392 g/mol. The lowest BCUT2D eigenvalue weighted by molar-refractivity contribution is 0.586. The fourth-order valence-corrected chi connectivity index (χ4v) is 2.77. The summed E-state index contributed by atoms with van der Waals surface area (Å²) in [5.74, 6) is 0.209. The van der Waals surface area contributed by atoms with E-state index in [0.717, 1.165) is 12.2 Å². The Morgan fingerprint density at radius 2 is 2.00 bits per heavy atom. The summed E-state index contributed by atoms with van der Waals surface area (Å²) < 4.78 is 17.3. The van der Waals surface area contributed by atoms with Crippen molar-refractivity contribution in [1.29, 1.82) is 0 Å². The highest BCUT2D eigenvalue weighted by Gasteiger charge is 2.09. The van der Waals surface area contributed by atoms with Crippen molar-refractivity contribution in [2.45, 2.75) is 26.6 Å². The highest BCUT2D eigenvalue weighted by Crippen LogP contribution is 2.20. The molecule has 0 spiro atoms. The minimum atomic E-state index is -0.355. The maximum atomic E-state index is 13.9. The van der Waals surface area contributed by atoms with Gasteiger partial charge < -0.3 is 10.6 Å². The Morgan fingerprint density at radius 3 is 2.73 bits per heavy atom. The molecule has 3 rings (SSSR count). The summed E-state index contributed by atoms with van der Waals surface area (Å²) in [6.07, 6.45) is 3.65. The molecule has 0 unspecified atom stereocenters. The Hall–Kier alpha value is -2.45. The molecule has 0 saturated heterocycles. The van der Waals surface area contributed by atoms with Gasteiger partial charge in [0.1, 0.15) is 5.82 Å². The Kier molecular flexibility index (Phi) is 5.85. The van der Waals surface area contributed by atoms with Gasteiger partial charge in [-0.05, 0) is 37.3 Å². The van der Waals surface area contributed by atoms with Gasteiger partial charge in [-0.25, -0.2) is 4.39 Å². The Balaban J connectivity index is 1.55. The van der Waals surface area contributed by atoms with Crippen molar-refractivity contribution in [2.24, 2.45) is 0 Å². The average molecular weight is 393 g/mol. The number of rotatable bonds is 6. The lowest BCUT2D eigenvalue weighted by Crippen LogP contribution is -2.28. The van der Waals surface area contributed by atoms with Crippen LogP contribution in [0.5, 0.6) is 0 Å². The van der Waals surface area contributed by atoms with Gasteiger partial charge in [-0.3, -0.25) is 9.36 Å². The van der Waals surface area contributed by atoms with E-state index < -0.39 is 0 Å². The third-order valence-electron chi connectivity index (χ3n) is 3.71. The predicted octanol–water partition coefficient (Wildman–Crippen LogP) is 3.43. The van der Waals surface area contributed by atoms with Crippen molar-refractivity contribution in [1.82, 2.24) is 24.9 Å². The SMILES string of the molecule is CCn1ccc(CNC(=S)Nc2ccn(Cc3c(F)cccc3Cl)n2)n1. The zero-order valence-corrected chi connectivity index (χ0v) is 15.7. The van der Waals surface area contributed by atoms with Crippen molar-refractivity contribution >= 4 is 34.7 Å². The minimum Gasteiger partial charge on any atom is -0.357 e. The largest absolute Gasteiger partial charge is 0.357 e. The number of benzene rings is 1. The molecule has 0 amide bonds. The Bertz CT molecular complexity index is 886. The van der Waals surface area contributed by atoms with E-state index in [-0.39, 0.29) is 12.4 Å². The van der Waals surface area contributed by atoms with Crippen LogP contribution in [0.25, 0.3) is 0 Å². The number of nitrogens with zero attached hydrogens (tertiary/aromatic N) is 4. The second-order valence-corrected chi connectivity index (χ2v) is 6.38. The predicted molar refractivity (Wildman–Crippen MR) is 104 cm³/mol. The van der Waals surface area contributed by atoms with Crippen LogP contribution in [0.4, 0.5) is 10.2 Å². The second kappa shape index (κ2) is 8.29. The maximum Gasteiger partial charge on any atom is 0.172 e. The third kappa shape index (κ3) is 4.59. The molecule has 0 aliphatic rings. The van der Waals surface area contributed by atoms with Gasteiger partial charge in [-0.15, -0.1) is 0 Å². The molecule has 0 bridgehead atoms. The number of hydrogen-bond acceptors (Lipinski definition) is 3. The first-order valence-electron chi connectivity index (χ1n) is 8.08. The molecule has 0 radical (unpaired) electrons. The van der Waals surface area contributed by atoms with E-state index >= 15 is 0 Å². The summed E-state index contributed by atoms with van der Waals surface area (Å²) in [4.78, 5) is 0. The van der Waals surface area contributed by atoms with E-state index in [9.17, 15) is 4.39 Å². The summed E-state index contributed by atoms with van der Waals surface area (Å²) in [5, 5.41) is 15.6. The molecule has 0 atom stereocenters. The quantitative estimate of drug-likeness (QED) is 0.629. The molecule has 1 aromatic carbocycles. The zero-order chi connectivity index (χ0) is 18.5. The molecule has 2 N–H and O–H groups in total. The molecule has 3 aromatic rings. The molecule has 2 heterocycles. The summed E-state index contributed by atoms with van der Waals surface area (Å²) in [5.41, 5.74) is 1.30. The van der Waals surface area contributed by atoms with Gasteiger partial charge >= 0.3 is 0 Å². The van der Waals surface area contributed by atoms with Gasteiger partial charge in [0.2, 0.25) is 0 Å². The van der Waals surface area contributed by atoms with Crippen LogP contribution in [0.2, 0.25) is 5.02 Å². The van der Waals surface area contributed by atoms with Crippen LogP contribution in [-0.4, -0.2) is 24.7 Å². The average Bonchev–Trinajstić information content (AvgIpc) is 3.25. The van der Waals surface area contributed by atoms with Crippen LogP contribution in [0.1, 0.15) is 18.2 Å². The number of nitrogens with one attached hydrogen (secondary N) is 2. The lowest BCUT2D eigenvalue weighted by atomic mass is 10.2. The molecule has 0 aliphatic heterocycles. The maximum absolute atomic E-state index is 13.9. The summed E-state index contributed by atoms with van der Waals surface area (Å²) in [7, 11) is 0. The molecule has 6 nitrogen and oxygen atoms in total. The number of anilines is 1. The van der Waals surface area contributed by atoms with Crippen molar-refractivity contribution in [3.63, 3.8) is 0 Å². The Labute approximate surface area is 161 Å². The van der Waals surface area contributed by atoms with Gasteiger partial charge in [-0.1, -0.05) is 17.7 Å². The van der Waals surface area contributed by atoms with Gasteiger partial charge in [0.15, 0.2) is 10.9 Å². The van der Waals surface area contributed by atoms with Gasteiger partial charge in [-0.2, -0.15) is 10.2 Å². The second-order valence-electron chi connectivity index (χ2n) is 5.57. The smallest absolute Gasteiger partial charge is 0.172 e. The van der Waals surface area contributed by atoms with Crippen LogP contribution in [0, 0.1) is 5.82 Å². The number of thiocarbonyl (C=S) groups is 1. The first-order chi connectivity index (χ1) is 12.5. The zero-order valence-electron chi connectivity index (χ0n) is 14.1. The highest BCUT2D eigenvalue weighted by molar-refractivity contribution is 7.80. The molecule has 2 aromatic heterocycles. The van der Waals surface area contributed by atoms with E-state index in [2.05, 4.69) is 20.8 Å². The molecule has 26 heavy (non-hydrogen) atoms. The van der Waals surface area contributed by atoms with E-state index in [4.69, 9.17) is 23.8 Å². The summed E-state index contributed by atoms with van der Waals surface area (Å²) >= 11 is 11.3. The van der Waals surface area contributed by atoms with E-state index in [1.807, 2.05) is 23.9 Å². The molecule has 136 valence electrons. The molecule has 0 fully saturated rings. The minimum absolute atomic E-state index is 0.238. The van der Waals surface area contributed by atoms with Crippen LogP contribution >= 0.6 is 23.8 Å². The number of hydrogen-bond donors (Lipinski definition) is 2. The lowest BCUT2D eigenvalue weighted by Gasteiger charge is -2.08. The van der Waals surface area contributed by atoms with Crippen LogP contribution in [0.3, 0.4) is 0 Å². The number of aryl methyl sites for hydroxylation is 1. The van der Waals surface area contributed by atoms with Gasteiger partial charge in [0.05, 0.1) is 18.8 Å². The molecular weight excluding hydrogens is 375 g/mol. The van der Waals surface area contributed by atoms with Crippen LogP contribution in [-0.2, 0) is 19.6 Å². The van der Waals surface area contributed by atoms with E-state index in [1.165, 1.54) is 6.07 Å². The fourth-order valence-electron chi connectivity index (χ4n) is 2.37. The van der Waals surface area contributed by atoms with E-state index in [0.29, 0.717) is 28.1 Å². The molecule has 0 saturated carbocycles. The van der Waals surface area contributed by atoms with E-state index in [1.54, 1.807) is 29.1 Å². The van der Waals surface area contributed by atoms with Gasteiger partial charge in [0.25, 0.3) is 0 Å². The first kappa shape index (κ1) is 18.3. The number of aromatic nitrogens is 4.